The summed E-state index contributed by atoms with van der Waals surface area (Å²) in [4.78, 5) is 0. The zero-order valence-electron chi connectivity index (χ0n) is 11.0. The van der Waals surface area contributed by atoms with Crippen LogP contribution in [0.2, 0.25) is 0 Å². The predicted octanol–water partition coefficient (Wildman–Crippen LogP) is 3.49. The number of rotatable bonds is 5. The van der Waals surface area contributed by atoms with Gasteiger partial charge in [0.05, 0.1) is 12.7 Å². The quantitative estimate of drug-likeness (QED) is 0.822. The first kappa shape index (κ1) is 13.9. The Kier molecular flexibility index (Phi) is 5.10. The van der Waals surface area contributed by atoms with Crippen molar-refractivity contribution in [2.45, 2.75) is 25.9 Å². The Morgan fingerprint density at radius 3 is 2.56 bits per heavy atom. The van der Waals surface area contributed by atoms with E-state index in [1.807, 2.05) is 6.07 Å². The zero-order valence-corrected chi connectivity index (χ0v) is 11.9. The van der Waals surface area contributed by atoms with Gasteiger partial charge in [0, 0.05) is 18.6 Å². The number of hydrogen-bond donors (Lipinski definition) is 1. The molecule has 1 aliphatic heterocycles. The monoisotopic (exact) mass is 266 g/mol. The minimum atomic E-state index is 0.144. The average molecular weight is 266 g/mol. The smallest absolute Gasteiger partial charge is 0.0797 e. The van der Waals surface area contributed by atoms with Crippen LogP contribution < -0.4 is 0 Å². The maximum atomic E-state index is 6.06. The van der Waals surface area contributed by atoms with E-state index in [0.29, 0.717) is 0 Å². The van der Waals surface area contributed by atoms with Crippen molar-refractivity contribution in [2.24, 2.45) is 5.41 Å². The van der Waals surface area contributed by atoms with Gasteiger partial charge in [-0.3, -0.25) is 0 Å². The van der Waals surface area contributed by atoms with Crippen molar-refractivity contribution in [2.75, 3.05) is 25.6 Å². The summed E-state index contributed by atoms with van der Waals surface area (Å²) in [6.07, 6.45) is 2.25. The molecule has 1 saturated heterocycles. The van der Waals surface area contributed by atoms with Crippen molar-refractivity contribution in [3.63, 3.8) is 0 Å². The normalized spacial score (nSPS) is 20.6. The second-order valence-corrected chi connectivity index (χ2v) is 5.45. The molecule has 1 aromatic rings. The average Bonchev–Trinajstić information content (AvgIpc) is 2.47. The Labute approximate surface area is 115 Å². The molecule has 2 rings (SSSR count). The van der Waals surface area contributed by atoms with Gasteiger partial charge >= 0.3 is 0 Å². The fourth-order valence-electron chi connectivity index (χ4n) is 2.27. The van der Waals surface area contributed by atoms with E-state index in [1.165, 1.54) is 5.56 Å². The van der Waals surface area contributed by atoms with Gasteiger partial charge in [-0.05, 0) is 31.1 Å². The van der Waals surface area contributed by atoms with E-state index in [0.717, 1.165) is 38.4 Å². The van der Waals surface area contributed by atoms with Crippen LogP contribution in [-0.4, -0.2) is 25.6 Å². The molecule has 1 aromatic carbocycles. The fraction of sp³-hybridized carbons (Fsp3) is 0.600. The lowest BCUT2D eigenvalue weighted by atomic mass is 9.83. The van der Waals surface area contributed by atoms with E-state index in [2.05, 4.69) is 43.8 Å². The first-order valence-corrected chi connectivity index (χ1v) is 7.24. The Morgan fingerprint density at radius 2 is 1.94 bits per heavy atom. The number of ether oxygens (including phenoxy) is 2. The molecule has 0 spiro atoms. The van der Waals surface area contributed by atoms with Crippen LogP contribution in [0.1, 0.15) is 31.4 Å². The highest BCUT2D eigenvalue weighted by molar-refractivity contribution is 7.80. The van der Waals surface area contributed by atoms with Gasteiger partial charge in [-0.1, -0.05) is 30.3 Å². The molecular formula is C15H22O2S. The topological polar surface area (TPSA) is 18.5 Å². The van der Waals surface area contributed by atoms with Crippen molar-refractivity contribution < 1.29 is 9.47 Å². The van der Waals surface area contributed by atoms with Gasteiger partial charge in [-0.15, -0.1) is 0 Å². The minimum absolute atomic E-state index is 0.144. The summed E-state index contributed by atoms with van der Waals surface area (Å²) >= 11 is 4.50. The molecule has 0 aromatic heterocycles. The molecule has 1 fully saturated rings. The Bertz CT molecular complexity index is 347. The standard InChI is InChI=1S/C15H22O2S/c1-13(14-5-3-2-4-6-14)17-11-15(12-18)7-9-16-10-8-15/h2-6,13,18H,7-12H2,1H3. The van der Waals surface area contributed by atoms with Crippen LogP contribution in [0.5, 0.6) is 0 Å². The van der Waals surface area contributed by atoms with Crippen LogP contribution in [0.3, 0.4) is 0 Å². The van der Waals surface area contributed by atoms with Gasteiger partial charge in [0.2, 0.25) is 0 Å². The third kappa shape index (κ3) is 3.50. The van der Waals surface area contributed by atoms with Gasteiger partial charge in [-0.25, -0.2) is 0 Å². The van der Waals surface area contributed by atoms with Crippen LogP contribution in [0.25, 0.3) is 0 Å². The summed E-state index contributed by atoms with van der Waals surface area (Å²) in [6, 6.07) is 10.4. The molecule has 1 atom stereocenters. The van der Waals surface area contributed by atoms with Gasteiger partial charge in [0.1, 0.15) is 0 Å². The molecule has 1 heterocycles. The number of thiol groups is 1. The molecule has 3 heteroatoms. The fourth-order valence-corrected chi connectivity index (χ4v) is 2.68. The molecule has 2 nitrogen and oxygen atoms in total. The predicted molar refractivity (Wildman–Crippen MR) is 77.1 cm³/mol. The molecule has 18 heavy (non-hydrogen) atoms. The first-order valence-electron chi connectivity index (χ1n) is 6.61. The Hall–Kier alpha value is -0.510. The third-order valence-corrected chi connectivity index (χ3v) is 4.47. The molecule has 0 aliphatic carbocycles. The van der Waals surface area contributed by atoms with Crippen molar-refractivity contribution in [1.29, 1.82) is 0 Å². The summed E-state index contributed by atoms with van der Waals surface area (Å²) in [5, 5.41) is 0. The van der Waals surface area contributed by atoms with Crippen LogP contribution in [0, 0.1) is 5.41 Å². The van der Waals surface area contributed by atoms with Crippen LogP contribution >= 0.6 is 12.6 Å². The van der Waals surface area contributed by atoms with Crippen molar-refractivity contribution in [3.05, 3.63) is 35.9 Å². The van der Waals surface area contributed by atoms with E-state index in [4.69, 9.17) is 9.47 Å². The summed E-state index contributed by atoms with van der Waals surface area (Å²) in [5.74, 6) is 0.873. The lowest BCUT2D eigenvalue weighted by molar-refractivity contribution is -0.0486. The highest BCUT2D eigenvalue weighted by atomic mass is 32.1. The highest BCUT2D eigenvalue weighted by Gasteiger charge is 2.32. The molecule has 100 valence electrons. The molecule has 0 amide bonds. The van der Waals surface area contributed by atoms with Crippen LogP contribution in [0.4, 0.5) is 0 Å². The van der Waals surface area contributed by atoms with E-state index in [1.54, 1.807) is 0 Å². The highest BCUT2D eigenvalue weighted by Crippen LogP contribution is 2.33. The molecule has 1 unspecified atom stereocenters. The second kappa shape index (κ2) is 6.60. The lowest BCUT2D eigenvalue weighted by Crippen LogP contribution is -2.36. The van der Waals surface area contributed by atoms with E-state index < -0.39 is 0 Å². The maximum Gasteiger partial charge on any atom is 0.0797 e. The van der Waals surface area contributed by atoms with Gasteiger partial charge in [0.25, 0.3) is 0 Å². The SMILES string of the molecule is CC(OCC1(CS)CCOCC1)c1ccccc1. The van der Waals surface area contributed by atoms with Crippen molar-refractivity contribution >= 4 is 12.6 Å². The largest absolute Gasteiger partial charge is 0.381 e. The van der Waals surface area contributed by atoms with Crippen LogP contribution in [-0.2, 0) is 9.47 Å². The molecule has 0 N–H and O–H groups in total. The van der Waals surface area contributed by atoms with Crippen LogP contribution in [0.15, 0.2) is 30.3 Å². The van der Waals surface area contributed by atoms with E-state index >= 15 is 0 Å². The lowest BCUT2D eigenvalue weighted by Gasteiger charge is -2.36. The molecule has 0 saturated carbocycles. The molecule has 0 radical (unpaired) electrons. The number of benzene rings is 1. The Morgan fingerprint density at radius 1 is 1.28 bits per heavy atom. The molecular weight excluding hydrogens is 244 g/mol. The van der Waals surface area contributed by atoms with Gasteiger partial charge < -0.3 is 9.47 Å². The first-order chi connectivity index (χ1) is 8.76. The van der Waals surface area contributed by atoms with Crippen molar-refractivity contribution in [3.8, 4) is 0 Å². The molecule has 0 bridgehead atoms. The second-order valence-electron chi connectivity index (χ2n) is 5.13. The third-order valence-electron chi connectivity index (χ3n) is 3.80. The van der Waals surface area contributed by atoms with Crippen molar-refractivity contribution in [1.82, 2.24) is 0 Å². The maximum absolute atomic E-state index is 6.06. The summed E-state index contributed by atoms with van der Waals surface area (Å²) in [5.41, 5.74) is 1.43. The molecule has 1 aliphatic rings. The summed E-state index contributed by atoms with van der Waals surface area (Å²) < 4.78 is 11.5. The minimum Gasteiger partial charge on any atom is -0.381 e. The van der Waals surface area contributed by atoms with E-state index in [9.17, 15) is 0 Å². The summed E-state index contributed by atoms with van der Waals surface area (Å²) in [6.45, 7) is 4.56. The Balaban J connectivity index is 1.90. The summed E-state index contributed by atoms with van der Waals surface area (Å²) in [7, 11) is 0. The van der Waals surface area contributed by atoms with E-state index in [-0.39, 0.29) is 11.5 Å². The van der Waals surface area contributed by atoms with Gasteiger partial charge in [-0.2, -0.15) is 12.6 Å². The number of hydrogen-bond acceptors (Lipinski definition) is 3. The zero-order chi connectivity index (χ0) is 12.8. The van der Waals surface area contributed by atoms with Gasteiger partial charge in [0.15, 0.2) is 0 Å².